The zero-order chi connectivity index (χ0) is 28.0. The molecule has 3 aromatic heterocycles. The number of hydrogen-bond donors (Lipinski definition) is 0. The van der Waals surface area contributed by atoms with Crippen molar-refractivity contribution in [1.82, 2.24) is 15.0 Å². The van der Waals surface area contributed by atoms with Gasteiger partial charge in [-0.1, -0.05) is 72.8 Å². The average Bonchev–Trinajstić information content (AvgIpc) is 3.06. The van der Waals surface area contributed by atoms with E-state index < -0.39 is 0 Å². The highest BCUT2D eigenvalue weighted by Gasteiger charge is 2.11. The smallest absolute Gasteiger partial charge is 0.338 e. The summed E-state index contributed by atoms with van der Waals surface area (Å²) >= 11 is 0. The van der Waals surface area contributed by atoms with E-state index in [1.54, 1.807) is 31.5 Å². The summed E-state index contributed by atoms with van der Waals surface area (Å²) in [7, 11) is 0. The number of carbonyl (C=O) groups excluding carboxylic acids is 1. The molecular weight excluding hydrogens is 506 g/mol. The van der Waals surface area contributed by atoms with Crippen molar-refractivity contribution in [3.8, 4) is 56.2 Å². The number of rotatable bonds is 7. The molecule has 0 radical (unpaired) electrons. The lowest BCUT2D eigenvalue weighted by atomic mass is 9.97. The molecule has 0 aliphatic carbocycles. The molecule has 0 atom stereocenters. The number of benzene rings is 3. The Morgan fingerprint density at radius 2 is 0.951 bits per heavy atom. The fourth-order valence-electron chi connectivity index (χ4n) is 4.71. The summed E-state index contributed by atoms with van der Waals surface area (Å²) in [6.07, 6.45) is 3.56. The lowest BCUT2D eigenvalue weighted by Crippen LogP contribution is -2.03. The van der Waals surface area contributed by atoms with Gasteiger partial charge >= 0.3 is 5.97 Å². The molecule has 5 heteroatoms. The third-order valence-electron chi connectivity index (χ3n) is 6.85. The molecule has 41 heavy (non-hydrogen) atoms. The Balaban J connectivity index is 1.27. The van der Waals surface area contributed by atoms with Crippen LogP contribution < -0.4 is 0 Å². The predicted octanol–water partition coefficient (Wildman–Crippen LogP) is 8.38. The first-order valence-corrected chi connectivity index (χ1v) is 13.5. The van der Waals surface area contributed by atoms with Gasteiger partial charge < -0.3 is 4.74 Å². The molecule has 0 amide bonds. The summed E-state index contributed by atoms with van der Waals surface area (Å²) in [6, 6.07) is 40.3. The van der Waals surface area contributed by atoms with Gasteiger partial charge in [0.1, 0.15) is 0 Å². The van der Waals surface area contributed by atoms with Crippen molar-refractivity contribution >= 4 is 5.97 Å². The lowest BCUT2D eigenvalue weighted by Gasteiger charge is -2.10. The molecule has 3 heterocycles. The number of nitrogens with zero attached hydrogens (tertiary/aromatic N) is 3. The predicted molar refractivity (Wildman–Crippen MR) is 163 cm³/mol. The fraction of sp³-hybridized carbons (Fsp3) is 0.0556. The van der Waals surface area contributed by atoms with E-state index in [0.29, 0.717) is 12.2 Å². The summed E-state index contributed by atoms with van der Waals surface area (Å²) in [5.41, 5.74) is 10.3. The minimum absolute atomic E-state index is 0.300. The van der Waals surface area contributed by atoms with Crippen LogP contribution in [-0.4, -0.2) is 27.5 Å². The van der Waals surface area contributed by atoms with Crippen LogP contribution in [0.4, 0.5) is 0 Å². The van der Waals surface area contributed by atoms with Gasteiger partial charge in [0.25, 0.3) is 0 Å². The SMILES string of the molecule is CCOC(=O)c1ccc(-c2ccc(-c3ccc(-c4cc(-c5ccccn5)nc(-c5ccccn5)c4)cc3)cc2)cc1. The molecule has 3 aromatic carbocycles. The van der Waals surface area contributed by atoms with Crippen LogP contribution in [0.2, 0.25) is 0 Å². The molecular formula is C36H27N3O2. The largest absolute Gasteiger partial charge is 0.462 e. The van der Waals surface area contributed by atoms with Crippen molar-refractivity contribution in [1.29, 1.82) is 0 Å². The van der Waals surface area contributed by atoms with Crippen LogP contribution in [0.1, 0.15) is 17.3 Å². The normalized spacial score (nSPS) is 10.8. The molecule has 0 fully saturated rings. The van der Waals surface area contributed by atoms with Gasteiger partial charge in [-0.2, -0.15) is 0 Å². The molecule has 0 aliphatic heterocycles. The summed E-state index contributed by atoms with van der Waals surface area (Å²) < 4.78 is 5.08. The van der Waals surface area contributed by atoms with Gasteiger partial charge in [0.15, 0.2) is 0 Å². The Kier molecular flexibility index (Phi) is 7.41. The van der Waals surface area contributed by atoms with Crippen molar-refractivity contribution in [3.05, 3.63) is 139 Å². The van der Waals surface area contributed by atoms with E-state index in [2.05, 4.69) is 70.6 Å². The third kappa shape index (κ3) is 5.80. The van der Waals surface area contributed by atoms with Crippen molar-refractivity contribution in [2.24, 2.45) is 0 Å². The number of ether oxygens (including phenoxy) is 1. The summed E-state index contributed by atoms with van der Waals surface area (Å²) in [6.45, 7) is 2.17. The zero-order valence-corrected chi connectivity index (χ0v) is 22.6. The molecule has 0 N–H and O–H groups in total. The molecule has 6 aromatic rings. The fourth-order valence-corrected chi connectivity index (χ4v) is 4.71. The maximum absolute atomic E-state index is 11.9. The first kappa shape index (κ1) is 25.8. The van der Waals surface area contributed by atoms with E-state index in [-0.39, 0.29) is 5.97 Å². The van der Waals surface area contributed by atoms with Crippen molar-refractivity contribution < 1.29 is 9.53 Å². The van der Waals surface area contributed by atoms with Gasteiger partial charge in [-0.15, -0.1) is 0 Å². The molecule has 0 saturated carbocycles. The van der Waals surface area contributed by atoms with E-state index in [9.17, 15) is 4.79 Å². The highest BCUT2D eigenvalue weighted by atomic mass is 16.5. The van der Waals surface area contributed by atoms with E-state index in [1.807, 2.05) is 48.5 Å². The van der Waals surface area contributed by atoms with E-state index in [4.69, 9.17) is 9.72 Å². The van der Waals surface area contributed by atoms with Crippen LogP contribution >= 0.6 is 0 Å². The summed E-state index contributed by atoms with van der Waals surface area (Å²) in [5, 5.41) is 0. The van der Waals surface area contributed by atoms with Crippen LogP contribution in [0.5, 0.6) is 0 Å². The number of aromatic nitrogens is 3. The van der Waals surface area contributed by atoms with Gasteiger partial charge in [-0.25, -0.2) is 9.78 Å². The van der Waals surface area contributed by atoms with E-state index in [1.165, 1.54) is 0 Å². The van der Waals surface area contributed by atoms with Crippen LogP contribution in [-0.2, 0) is 4.74 Å². The molecule has 0 spiro atoms. The topological polar surface area (TPSA) is 65.0 Å². The Bertz CT molecular complexity index is 1710. The van der Waals surface area contributed by atoms with Crippen molar-refractivity contribution in [2.45, 2.75) is 6.92 Å². The van der Waals surface area contributed by atoms with Crippen LogP contribution in [0.15, 0.2) is 134 Å². The minimum Gasteiger partial charge on any atom is -0.462 e. The number of hydrogen-bond acceptors (Lipinski definition) is 5. The summed E-state index contributed by atoms with van der Waals surface area (Å²) in [4.78, 5) is 25.8. The van der Waals surface area contributed by atoms with Crippen molar-refractivity contribution in [2.75, 3.05) is 6.61 Å². The Morgan fingerprint density at radius 3 is 1.34 bits per heavy atom. The second-order valence-electron chi connectivity index (χ2n) is 9.51. The standard InChI is InChI=1S/C36H27N3O2/c1-2-41-36(40)30-19-17-28(18-20-30)26-11-9-25(10-12-26)27-13-15-29(16-14-27)31-23-34(32-7-3-5-21-37-32)39-35(24-31)33-8-4-6-22-38-33/h3-24H,2H2,1H3. The first-order chi connectivity index (χ1) is 20.2. The van der Waals surface area contributed by atoms with E-state index >= 15 is 0 Å². The summed E-state index contributed by atoms with van der Waals surface area (Å²) in [5.74, 6) is -0.300. The number of pyridine rings is 3. The molecule has 0 saturated heterocycles. The minimum atomic E-state index is -0.300. The molecule has 0 aliphatic rings. The van der Waals surface area contributed by atoms with Gasteiger partial charge in [0.2, 0.25) is 0 Å². The van der Waals surface area contributed by atoms with Crippen LogP contribution in [0, 0.1) is 0 Å². The van der Waals surface area contributed by atoms with Crippen molar-refractivity contribution in [3.63, 3.8) is 0 Å². The third-order valence-corrected chi connectivity index (χ3v) is 6.85. The Hall–Kier alpha value is -5.42. The van der Waals surface area contributed by atoms with Gasteiger partial charge in [0.05, 0.1) is 34.9 Å². The highest BCUT2D eigenvalue weighted by molar-refractivity contribution is 5.90. The van der Waals surface area contributed by atoms with Gasteiger partial charge in [-0.3, -0.25) is 9.97 Å². The highest BCUT2D eigenvalue weighted by Crippen LogP contribution is 2.31. The quantitative estimate of drug-likeness (QED) is 0.193. The molecule has 0 bridgehead atoms. The van der Waals surface area contributed by atoms with Gasteiger partial charge in [-0.05, 0) is 88.8 Å². The second kappa shape index (κ2) is 11.8. The zero-order valence-electron chi connectivity index (χ0n) is 22.6. The molecule has 198 valence electrons. The second-order valence-corrected chi connectivity index (χ2v) is 9.51. The molecule has 6 rings (SSSR count). The van der Waals surface area contributed by atoms with Gasteiger partial charge in [0, 0.05) is 12.4 Å². The average molecular weight is 534 g/mol. The number of esters is 1. The maximum atomic E-state index is 11.9. The Labute approximate surface area is 239 Å². The lowest BCUT2D eigenvalue weighted by molar-refractivity contribution is 0.0526. The maximum Gasteiger partial charge on any atom is 0.338 e. The molecule has 5 nitrogen and oxygen atoms in total. The van der Waals surface area contributed by atoms with Crippen LogP contribution in [0.3, 0.4) is 0 Å². The Morgan fingerprint density at radius 1 is 0.537 bits per heavy atom. The molecule has 0 unspecified atom stereocenters. The first-order valence-electron chi connectivity index (χ1n) is 13.5. The monoisotopic (exact) mass is 533 g/mol. The van der Waals surface area contributed by atoms with E-state index in [0.717, 1.165) is 56.2 Å². The van der Waals surface area contributed by atoms with Crippen LogP contribution in [0.25, 0.3) is 56.2 Å². The number of carbonyl (C=O) groups is 1.